The Balaban J connectivity index is 2.10. The summed E-state index contributed by atoms with van der Waals surface area (Å²) in [5.74, 6) is 0. The highest BCUT2D eigenvalue weighted by Gasteiger charge is 2.26. The number of hydrogen-bond acceptors (Lipinski definition) is 6. The maximum absolute atomic E-state index is 11.4. The smallest absolute Gasteiger partial charge is 0.293 e. The molecule has 1 aromatic rings. The molecule has 2 rings (SSSR count). The number of nitrogens with two attached hydrogens (primary N) is 1. The number of anilines is 1. The van der Waals surface area contributed by atoms with Crippen molar-refractivity contribution >= 4 is 21.4 Å². The predicted octanol–water partition coefficient (Wildman–Crippen LogP) is 2.31. The summed E-state index contributed by atoms with van der Waals surface area (Å²) in [6, 6.07) is 4.44. The predicted molar refractivity (Wildman–Crippen MR) is 97.1 cm³/mol. The molecule has 1 aliphatic carbocycles. The molecule has 0 atom stereocenters. The average molecular weight is 370 g/mol. The Kier molecular flexibility index (Phi) is 6.36. The number of benzene rings is 1. The molecule has 0 unspecified atom stereocenters. The van der Waals surface area contributed by atoms with Crippen molar-refractivity contribution in [2.24, 2.45) is 5.14 Å². The zero-order valence-corrected chi connectivity index (χ0v) is 15.5. The van der Waals surface area contributed by atoms with E-state index in [0.717, 1.165) is 44.8 Å². The van der Waals surface area contributed by atoms with Gasteiger partial charge in [-0.15, -0.1) is 0 Å². The first-order valence-corrected chi connectivity index (χ1v) is 10.1. The first-order valence-electron chi connectivity index (χ1n) is 8.58. The Bertz CT molecular complexity index is 711. The molecule has 0 amide bonds. The fourth-order valence-corrected chi connectivity index (χ4v) is 4.04. The van der Waals surface area contributed by atoms with Crippen LogP contribution in [0.2, 0.25) is 0 Å². The maximum atomic E-state index is 11.4. The van der Waals surface area contributed by atoms with Crippen LogP contribution >= 0.6 is 0 Å². The summed E-state index contributed by atoms with van der Waals surface area (Å²) in [6.07, 6.45) is 3.94. The minimum Gasteiger partial charge on any atom is -0.377 e. The zero-order valence-electron chi connectivity index (χ0n) is 14.6. The number of nitro benzene ring substituents is 1. The summed E-state index contributed by atoms with van der Waals surface area (Å²) in [7, 11) is -3.97. The van der Waals surface area contributed by atoms with Crippen LogP contribution in [0.3, 0.4) is 0 Å². The van der Waals surface area contributed by atoms with Crippen LogP contribution in [0.25, 0.3) is 0 Å². The summed E-state index contributed by atoms with van der Waals surface area (Å²) in [5.41, 5.74) is 0.0704. The highest BCUT2D eigenvalue weighted by molar-refractivity contribution is 7.89. The van der Waals surface area contributed by atoms with Crippen LogP contribution in [0, 0.1) is 10.1 Å². The van der Waals surface area contributed by atoms with Crippen LogP contribution in [0.4, 0.5) is 11.4 Å². The lowest BCUT2D eigenvalue weighted by Crippen LogP contribution is -2.40. The topological polar surface area (TPSA) is 119 Å². The third-order valence-corrected chi connectivity index (χ3v) is 5.79. The first-order chi connectivity index (χ1) is 11.8. The number of nitro groups is 1. The van der Waals surface area contributed by atoms with Crippen LogP contribution in [0.5, 0.6) is 0 Å². The molecule has 1 aromatic carbocycles. The summed E-state index contributed by atoms with van der Waals surface area (Å²) >= 11 is 0. The summed E-state index contributed by atoms with van der Waals surface area (Å²) in [5, 5.41) is 19.5. The van der Waals surface area contributed by atoms with E-state index in [-0.39, 0.29) is 16.6 Å². The molecule has 1 aliphatic rings. The number of rotatable bonds is 7. The Hall–Kier alpha value is -1.71. The summed E-state index contributed by atoms with van der Waals surface area (Å²) < 4.78 is 22.8. The second kappa shape index (κ2) is 8.11. The van der Waals surface area contributed by atoms with Gasteiger partial charge in [-0.3, -0.25) is 10.1 Å². The van der Waals surface area contributed by atoms with Gasteiger partial charge < -0.3 is 10.2 Å². The van der Waals surface area contributed by atoms with Gasteiger partial charge in [0.05, 0.1) is 9.82 Å². The molecule has 140 valence electrons. The van der Waals surface area contributed by atoms with Gasteiger partial charge in [0.2, 0.25) is 10.0 Å². The second-order valence-electron chi connectivity index (χ2n) is 6.35. The van der Waals surface area contributed by atoms with Crippen molar-refractivity contribution in [2.45, 2.75) is 56.5 Å². The molecular weight excluding hydrogens is 344 g/mol. The molecule has 0 bridgehead atoms. The molecule has 3 N–H and O–H groups in total. The molecular formula is C16H26N4O4S. The molecule has 1 saturated carbocycles. The van der Waals surface area contributed by atoms with Gasteiger partial charge in [0.1, 0.15) is 5.69 Å². The van der Waals surface area contributed by atoms with E-state index in [0.29, 0.717) is 11.7 Å². The number of hydrogen-bond donors (Lipinski definition) is 2. The van der Waals surface area contributed by atoms with Gasteiger partial charge in [-0.1, -0.05) is 13.8 Å². The van der Waals surface area contributed by atoms with Crippen molar-refractivity contribution < 1.29 is 13.3 Å². The molecule has 0 saturated heterocycles. The number of nitrogens with one attached hydrogen (secondary N) is 1. The van der Waals surface area contributed by atoms with Gasteiger partial charge in [0, 0.05) is 18.2 Å². The number of nitrogens with zero attached hydrogens (tertiary/aromatic N) is 2. The van der Waals surface area contributed by atoms with Crippen molar-refractivity contribution in [3.05, 3.63) is 28.3 Å². The van der Waals surface area contributed by atoms with Crippen molar-refractivity contribution in [1.82, 2.24) is 4.90 Å². The molecule has 0 radical (unpaired) electrons. The molecule has 8 nitrogen and oxygen atoms in total. The second-order valence-corrected chi connectivity index (χ2v) is 7.91. The summed E-state index contributed by atoms with van der Waals surface area (Å²) in [4.78, 5) is 12.9. The van der Waals surface area contributed by atoms with E-state index in [1.807, 2.05) is 0 Å². The quantitative estimate of drug-likeness (QED) is 0.561. The van der Waals surface area contributed by atoms with Gasteiger partial charge in [-0.25, -0.2) is 13.6 Å². The maximum Gasteiger partial charge on any atom is 0.293 e. The minimum atomic E-state index is -3.97. The third kappa shape index (κ3) is 4.90. The lowest BCUT2D eigenvalue weighted by molar-refractivity contribution is -0.384. The van der Waals surface area contributed by atoms with Crippen molar-refractivity contribution in [1.29, 1.82) is 0 Å². The lowest BCUT2D eigenvalue weighted by Gasteiger charge is -2.36. The highest BCUT2D eigenvalue weighted by atomic mass is 32.2. The van der Waals surface area contributed by atoms with Gasteiger partial charge in [0.15, 0.2) is 0 Å². The largest absolute Gasteiger partial charge is 0.377 e. The number of sulfonamides is 1. The third-order valence-electron chi connectivity index (χ3n) is 4.88. The fraction of sp³-hybridized carbons (Fsp3) is 0.625. The summed E-state index contributed by atoms with van der Waals surface area (Å²) in [6.45, 7) is 6.37. The van der Waals surface area contributed by atoms with E-state index in [1.165, 1.54) is 12.1 Å². The van der Waals surface area contributed by atoms with E-state index in [1.54, 1.807) is 0 Å². The van der Waals surface area contributed by atoms with E-state index in [4.69, 9.17) is 5.14 Å². The highest BCUT2D eigenvalue weighted by Crippen LogP contribution is 2.31. The van der Waals surface area contributed by atoms with Gasteiger partial charge in [-0.2, -0.15) is 0 Å². The number of primary sulfonamides is 1. The Labute approximate surface area is 148 Å². The van der Waals surface area contributed by atoms with Gasteiger partial charge in [0.25, 0.3) is 5.69 Å². The fourth-order valence-electron chi connectivity index (χ4n) is 3.51. The normalized spacial score (nSPS) is 21.3. The monoisotopic (exact) mass is 370 g/mol. The Morgan fingerprint density at radius 2 is 1.84 bits per heavy atom. The van der Waals surface area contributed by atoms with Gasteiger partial charge >= 0.3 is 0 Å². The van der Waals surface area contributed by atoms with E-state index in [9.17, 15) is 18.5 Å². The van der Waals surface area contributed by atoms with E-state index >= 15 is 0 Å². The van der Waals surface area contributed by atoms with Crippen LogP contribution in [0.15, 0.2) is 23.1 Å². The van der Waals surface area contributed by atoms with Crippen LogP contribution in [-0.2, 0) is 10.0 Å². The van der Waals surface area contributed by atoms with E-state index < -0.39 is 14.9 Å². The standard InChI is InChI=1S/C16H26N4O4S/c1-3-19(4-2)13-7-5-12(6-8-13)18-15-10-9-14(25(17,23)24)11-16(15)20(21)22/h9-13,18H,3-8H2,1-2H3,(H2,17,23,24). The molecule has 0 aliphatic heterocycles. The van der Waals surface area contributed by atoms with Crippen molar-refractivity contribution in [2.75, 3.05) is 18.4 Å². The molecule has 0 aromatic heterocycles. The molecule has 1 fully saturated rings. The van der Waals surface area contributed by atoms with Crippen LogP contribution in [0.1, 0.15) is 39.5 Å². The van der Waals surface area contributed by atoms with E-state index in [2.05, 4.69) is 24.1 Å². The zero-order chi connectivity index (χ0) is 18.6. The molecule has 9 heteroatoms. The van der Waals surface area contributed by atoms with Crippen LogP contribution in [-0.4, -0.2) is 43.4 Å². The minimum absolute atomic E-state index is 0.144. The Morgan fingerprint density at radius 3 is 2.32 bits per heavy atom. The molecule has 0 spiro atoms. The Morgan fingerprint density at radius 1 is 1.24 bits per heavy atom. The van der Waals surface area contributed by atoms with Crippen molar-refractivity contribution in [3.63, 3.8) is 0 Å². The first kappa shape index (κ1) is 19.6. The van der Waals surface area contributed by atoms with Crippen LogP contribution < -0.4 is 10.5 Å². The average Bonchev–Trinajstić information content (AvgIpc) is 2.56. The van der Waals surface area contributed by atoms with Crippen molar-refractivity contribution in [3.8, 4) is 0 Å². The SMILES string of the molecule is CCN(CC)C1CCC(Nc2ccc(S(N)(=O)=O)cc2[N+](=O)[O-])CC1. The molecule has 0 heterocycles. The molecule has 25 heavy (non-hydrogen) atoms. The van der Waals surface area contributed by atoms with Gasteiger partial charge in [-0.05, 0) is 50.9 Å². The lowest BCUT2D eigenvalue weighted by atomic mass is 9.90.